The van der Waals surface area contributed by atoms with E-state index in [1.54, 1.807) is 24.3 Å². The Balaban J connectivity index is 1.59. The van der Waals surface area contributed by atoms with Crippen LogP contribution in [0.1, 0.15) is 11.1 Å². The molecule has 166 valence electrons. The number of aromatic nitrogens is 1. The smallest absolute Gasteiger partial charge is 0.416 e. The lowest BCUT2D eigenvalue weighted by Gasteiger charge is -2.13. The molecule has 8 nitrogen and oxygen atoms in total. The summed E-state index contributed by atoms with van der Waals surface area (Å²) >= 11 is 0. The van der Waals surface area contributed by atoms with Crippen LogP contribution in [0.15, 0.2) is 66.9 Å². The molecule has 3 aromatic rings. The van der Waals surface area contributed by atoms with Crippen LogP contribution in [0, 0.1) is 10.1 Å². The number of anilines is 1. The van der Waals surface area contributed by atoms with Crippen molar-refractivity contribution in [3.63, 3.8) is 0 Å². The third-order valence-electron chi connectivity index (χ3n) is 4.36. The van der Waals surface area contributed by atoms with Crippen LogP contribution in [-0.2, 0) is 17.4 Å². The van der Waals surface area contributed by atoms with Gasteiger partial charge >= 0.3 is 11.9 Å². The molecule has 0 spiro atoms. The minimum atomic E-state index is -4.46. The largest absolute Gasteiger partial charge is 0.434 e. The summed E-state index contributed by atoms with van der Waals surface area (Å²) in [5, 5.41) is 13.5. The topological polar surface area (TPSA) is 120 Å². The fourth-order valence-corrected chi connectivity index (χ4v) is 2.73. The molecule has 0 bridgehead atoms. The molecular formula is C21H17F3N4O4. The van der Waals surface area contributed by atoms with Crippen LogP contribution in [0.2, 0.25) is 0 Å². The first kappa shape index (κ1) is 22.7. The molecule has 11 heteroatoms. The molecule has 3 N–H and O–H groups in total. The fourth-order valence-electron chi connectivity index (χ4n) is 2.73. The number of carbonyl (C=O) groups excluding carboxylic acids is 1. The number of nitrogens with zero attached hydrogens (tertiary/aromatic N) is 2. The van der Waals surface area contributed by atoms with Crippen LogP contribution in [-0.4, -0.2) is 21.9 Å². The van der Waals surface area contributed by atoms with Crippen molar-refractivity contribution in [3.8, 4) is 11.6 Å². The van der Waals surface area contributed by atoms with Gasteiger partial charge in [-0.3, -0.25) is 14.9 Å². The van der Waals surface area contributed by atoms with E-state index in [9.17, 15) is 28.1 Å². The molecule has 0 aliphatic heterocycles. The molecule has 1 amide bonds. The Bertz CT molecular complexity index is 1100. The Kier molecular flexibility index (Phi) is 6.69. The van der Waals surface area contributed by atoms with Crippen LogP contribution >= 0.6 is 0 Å². The quantitative estimate of drug-likeness (QED) is 0.412. The number of hydrogen-bond acceptors (Lipinski definition) is 6. The highest BCUT2D eigenvalue weighted by Crippen LogP contribution is 2.30. The Morgan fingerprint density at radius 2 is 1.78 bits per heavy atom. The maximum absolute atomic E-state index is 12.6. The van der Waals surface area contributed by atoms with E-state index in [2.05, 4.69) is 10.3 Å². The van der Waals surface area contributed by atoms with Gasteiger partial charge in [0.05, 0.1) is 16.5 Å². The summed E-state index contributed by atoms with van der Waals surface area (Å²) in [5.74, 6) is -0.412. The van der Waals surface area contributed by atoms with Gasteiger partial charge in [0.25, 0.3) is 5.88 Å². The number of amides is 1. The van der Waals surface area contributed by atoms with E-state index in [4.69, 9.17) is 10.5 Å². The maximum atomic E-state index is 12.6. The predicted molar refractivity (Wildman–Crippen MR) is 109 cm³/mol. The van der Waals surface area contributed by atoms with E-state index in [-0.39, 0.29) is 23.7 Å². The zero-order chi connectivity index (χ0) is 23.3. The van der Waals surface area contributed by atoms with E-state index in [1.165, 1.54) is 18.3 Å². The normalized spacial score (nSPS) is 12.1. The van der Waals surface area contributed by atoms with E-state index in [1.807, 2.05) is 0 Å². The first-order chi connectivity index (χ1) is 15.1. The summed E-state index contributed by atoms with van der Waals surface area (Å²) in [7, 11) is 0. The highest BCUT2D eigenvalue weighted by molar-refractivity contribution is 5.94. The fraction of sp³-hybridized carbons (Fsp3) is 0.143. The maximum Gasteiger partial charge on any atom is 0.416 e. The van der Waals surface area contributed by atoms with E-state index >= 15 is 0 Å². The number of hydrogen-bond donors (Lipinski definition) is 2. The molecule has 2 aromatic carbocycles. The summed E-state index contributed by atoms with van der Waals surface area (Å²) < 4.78 is 43.3. The standard InChI is InChI=1S/C21H17F3N4O4/c22-21(23,24)14-5-7-15(8-6-14)27-19(29)17(25)12-13-3-9-16(10-4-13)32-20-18(28(30)31)2-1-11-26-20/h1-11,17H,12,25H2,(H,27,29)/t17-/m0/s1. The number of nitrogens with one attached hydrogen (secondary N) is 1. The molecule has 1 atom stereocenters. The van der Waals surface area contributed by atoms with Gasteiger partial charge in [0.2, 0.25) is 5.91 Å². The summed E-state index contributed by atoms with van der Waals surface area (Å²) in [6.07, 6.45) is -2.95. The van der Waals surface area contributed by atoms with Crippen molar-refractivity contribution in [1.82, 2.24) is 4.98 Å². The van der Waals surface area contributed by atoms with Gasteiger partial charge < -0.3 is 15.8 Å². The highest BCUT2D eigenvalue weighted by Gasteiger charge is 2.30. The molecular weight excluding hydrogens is 429 g/mol. The third-order valence-corrected chi connectivity index (χ3v) is 4.36. The Morgan fingerprint density at radius 1 is 1.12 bits per heavy atom. The van der Waals surface area contributed by atoms with Crippen LogP contribution in [0.5, 0.6) is 11.6 Å². The van der Waals surface area contributed by atoms with Crippen molar-refractivity contribution >= 4 is 17.3 Å². The molecule has 0 saturated heterocycles. The van der Waals surface area contributed by atoms with Gasteiger partial charge in [0.1, 0.15) is 5.75 Å². The average Bonchev–Trinajstić information content (AvgIpc) is 2.75. The van der Waals surface area contributed by atoms with Crippen molar-refractivity contribution in [3.05, 3.63) is 88.1 Å². The van der Waals surface area contributed by atoms with Crippen molar-refractivity contribution in [1.29, 1.82) is 0 Å². The summed E-state index contributed by atoms with van der Waals surface area (Å²) in [5.41, 5.74) is 5.68. The number of ether oxygens (including phenoxy) is 1. The minimum absolute atomic E-state index is 0.149. The third kappa shape index (κ3) is 5.79. The number of carbonyl (C=O) groups is 1. The summed E-state index contributed by atoms with van der Waals surface area (Å²) in [6, 6.07) is 12.1. The Hall–Kier alpha value is -3.99. The zero-order valence-electron chi connectivity index (χ0n) is 16.4. The second-order valence-corrected chi connectivity index (χ2v) is 6.71. The molecule has 1 heterocycles. The Morgan fingerprint density at radius 3 is 2.38 bits per heavy atom. The number of nitrogens with two attached hydrogens (primary N) is 1. The minimum Gasteiger partial charge on any atom is -0.434 e. The lowest BCUT2D eigenvalue weighted by molar-refractivity contribution is -0.386. The van der Waals surface area contributed by atoms with Crippen LogP contribution in [0.4, 0.5) is 24.5 Å². The number of halogens is 3. The van der Waals surface area contributed by atoms with Crippen molar-refractivity contribution in [2.75, 3.05) is 5.32 Å². The molecule has 0 aliphatic rings. The van der Waals surface area contributed by atoms with Crippen LogP contribution in [0.25, 0.3) is 0 Å². The molecule has 0 unspecified atom stereocenters. The van der Waals surface area contributed by atoms with Gasteiger partial charge in [0, 0.05) is 18.0 Å². The highest BCUT2D eigenvalue weighted by atomic mass is 19.4. The van der Waals surface area contributed by atoms with Crippen molar-refractivity contribution in [2.24, 2.45) is 5.73 Å². The lowest BCUT2D eigenvalue weighted by Crippen LogP contribution is -2.37. The molecule has 0 saturated carbocycles. The van der Waals surface area contributed by atoms with Gasteiger partial charge in [-0.25, -0.2) is 4.98 Å². The first-order valence-corrected chi connectivity index (χ1v) is 9.23. The van der Waals surface area contributed by atoms with E-state index < -0.39 is 28.6 Å². The van der Waals surface area contributed by atoms with Gasteiger partial charge in [-0.05, 0) is 54.4 Å². The predicted octanol–water partition coefficient (Wildman–Crippen LogP) is 4.31. The van der Waals surface area contributed by atoms with Gasteiger partial charge in [-0.2, -0.15) is 13.2 Å². The number of benzene rings is 2. The first-order valence-electron chi connectivity index (χ1n) is 9.23. The van der Waals surface area contributed by atoms with Crippen LogP contribution in [0.3, 0.4) is 0 Å². The molecule has 0 aliphatic carbocycles. The molecule has 32 heavy (non-hydrogen) atoms. The molecule has 1 aromatic heterocycles. The number of rotatable bonds is 7. The van der Waals surface area contributed by atoms with Gasteiger partial charge in [0.15, 0.2) is 0 Å². The molecule has 0 radical (unpaired) electrons. The van der Waals surface area contributed by atoms with Crippen molar-refractivity contribution < 1.29 is 27.6 Å². The lowest BCUT2D eigenvalue weighted by atomic mass is 10.1. The number of alkyl halides is 3. The molecule has 3 rings (SSSR count). The summed E-state index contributed by atoms with van der Waals surface area (Å²) in [4.78, 5) is 26.5. The average molecular weight is 446 g/mol. The zero-order valence-corrected chi connectivity index (χ0v) is 16.4. The van der Waals surface area contributed by atoms with E-state index in [0.717, 1.165) is 24.3 Å². The van der Waals surface area contributed by atoms with Gasteiger partial charge in [-0.15, -0.1) is 0 Å². The van der Waals surface area contributed by atoms with Crippen LogP contribution < -0.4 is 15.8 Å². The summed E-state index contributed by atoms with van der Waals surface area (Å²) in [6.45, 7) is 0. The monoisotopic (exact) mass is 446 g/mol. The second-order valence-electron chi connectivity index (χ2n) is 6.71. The van der Waals surface area contributed by atoms with Gasteiger partial charge in [-0.1, -0.05) is 12.1 Å². The second kappa shape index (κ2) is 9.43. The molecule has 0 fully saturated rings. The number of nitro groups is 1. The van der Waals surface area contributed by atoms with E-state index in [0.29, 0.717) is 11.3 Å². The Labute approximate surface area is 180 Å². The number of pyridine rings is 1. The SMILES string of the molecule is N[C@@H](Cc1ccc(Oc2ncccc2[N+](=O)[O-])cc1)C(=O)Nc1ccc(C(F)(F)F)cc1. The van der Waals surface area contributed by atoms with Crippen molar-refractivity contribution in [2.45, 2.75) is 18.6 Å².